The van der Waals surface area contributed by atoms with E-state index in [0.29, 0.717) is 23.3 Å². The number of halogens is 3. The highest BCUT2D eigenvalue weighted by molar-refractivity contribution is 5.95. The van der Waals surface area contributed by atoms with Gasteiger partial charge in [0.15, 0.2) is 6.61 Å². The number of hydrogen-bond acceptors (Lipinski definition) is 8. The first-order valence-electron chi connectivity index (χ1n) is 9.55. The van der Waals surface area contributed by atoms with Gasteiger partial charge in [-0.25, -0.2) is 4.79 Å². The molecule has 0 bridgehead atoms. The van der Waals surface area contributed by atoms with Crippen LogP contribution in [0.15, 0.2) is 30.3 Å². The van der Waals surface area contributed by atoms with Crippen LogP contribution >= 0.6 is 0 Å². The summed E-state index contributed by atoms with van der Waals surface area (Å²) in [5.74, 6) is -1.92. The highest BCUT2D eigenvalue weighted by atomic mass is 19.4. The smallest absolute Gasteiger partial charge is 0.416 e. The summed E-state index contributed by atoms with van der Waals surface area (Å²) in [5, 5.41) is 27.0. The van der Waals surface area contributed by atoms with E-state index < -0.39 is 51.8 Å². The largest absolute Gasteiger partial charge is 0.454 e. The number of alkyl halides is 3. The maximum Gasteiger partial charge on any atom is 0.416 e. The molecule has 14 heteroatoms. The van der Waals surface area contributed by atoms with Crippen LogP contribution in [0.2, 0.25) is 0 Å². The summed E-state index contributed by atoms with van der Waals surface area (Å²) in [6, 6.07) is 3.12. The number of carbonyl (C=O) groups is 2. The molecule has 2 aromatic carbocycles. The van der Waals surface area contributed by atoms with E-state index in [4.69, 9.17) is 4.74 Å². The number of aryl methyl sites for hydroxylation is 2. The highest BCUT2D eigenvalue weighted by Crippen LogP contribution is 2.35. The predicted molar refractivity (Wildman–Crippen MR) is 113 cm³/mol. The molecule has 0 saturated carbocycles. The van der Waals surface area contributed by atoms with Crippen molar-refractivity contribution in [2.75, 3.05) is 17.2 Å². The van der Waals surface area contributed by atoms with Gasteiger partial charge in [-0.2, -0.15) is 13.2 Å². The first kappa shape index (κ1) is 26.0. The first-order valence-corrected chi connectivity index (χ1v) is 9.55. The van der Waals surface area contributed by atoms with E-state index in [2.05, 4.69) is 10.6 Å². The van der Waals surface area contributed by atoms with Crippen LogP contribution in [-0.2, 0) is 20.5 Å². The minimum Gasteiger partial charge on any atom is -0.454 e. The molecule has 0 aliphatic rings. The lowest BCUT2D eigenvalue weighted by molar-refractivity contribution is -0.384. The summed E-state index contributed by atoms with van der Waals surface area (Å²) >= 11 is 0. The number of ether oxygens (including phenoxy) is 1. The van der Waals surface area contributed by atoms with Crippen molar-refractivity contribution >= 4 is 34.6 Å². The average Bonchev–Trinajstić information content (AvgIpc) is 2.73. The number of carbonyl (C=O) groups excluding carboxylic acids is 2. The Hall–Kier alpha value is -4.23. The Morgan fingerprint density at radius 1 is 1.00 bits per heavy atom. The van der Waals surface area contributed by atoms with E-state index in [-0.39, 0.29) is 17.1 Å². The zero-order valence-corrected chi connectivity index (χ0v) is 18.1. The van der Waals surface area contributed by atoms with Crippen molar-refractivity contribution in [2.24, 2.45) is 0 Å². The van der Waals surface area contributed by atoms with Gasteiger partial charge in [0.2, 0.25) is 0 Å². The van der Waals surface area contributed by atoms with Crippen LogP contribution in [0.25, 0.3) is 0 Å². The van der Waals surface area contributed by atoms with Gasteiger partial charge in [-0.05, 0) is 50.1 Å². The van der Waals surface area contributed by atoms with E-state index in [9.17, 15) is 43.0 Å². The third-order valence-corrected chi connectivity index (χ3v) is 4.68. The van der Waals surface area contributed by atoms with Crippen LogP contribution in [0.5, 0.6) is 0 Å². The topological polar surface area (TPSA) is 154 Å². The zero-order valence-electron chi connectivity index (χ0n) is 18.1. The highest BCUT2D eigenvalue weighted by Gasteiger charge is 2.33. The third kappa shape index (κ3) is 6.40. The number of anilines is 2. The number of nitro groups is 2. The Morgan fingerprint density at radius 3 is 2.12 bits per heavy atom. The van der Waals surface area contributed by atoms with Gasteiger partial charge in [-0.3, -0.25) is 25.0 Å². The Kier molecular flexibility index (Phi) is 7.76. The maximum absolute atomic E-state index is 12.8. The van der Waals surface area contributed by atoms with Crippen molar-refractivity contribution < 1.29 is 37.3 Å². The normalized spacial score (nSPS) is 11.9. The minimum absolute atomic E-state index is 0.0966. The van der Waals surface area contributed by atoms with E-state index >= 15 is 0 Å². The molecule has 0 saturated heterocycles. The zero-order chi connectivity index (χ0) is 25.8. The molecule has 0 radical (unpaired) electrons. The second-order valence-electron chi connectivity index (χ2n) is 7.22. The molecule has 11 nitrogen and oxygen atoms in total. The molecule has 2 N–H and O–H groups in total. The molecular weight excluding hydrogens is 465 g/mol. The maximum atomic E-state index is 12.8. The van der Waals surface area contributed by atoms with Crippen molar-refractivity contribution in [3.63, 3.8) is 0 Å². The number of esters is 1. The summed E-state index contributed by atoms with van der Waals surface area (Å²) in [6.45, 7) is 3.73. The molecule has 2 aromatic rings. The monoisotopic (exact) mass is 484 g/mol. The van der Waals surface area contributed by atoms with E-state index in [0.717, 1.165) is 6.07 Å². The van der Waals surface area contributed by atoms with Gasteiger partial charge >= 0.3 is 12.1 Å². The molecule has 1 amide bonds. The first-order chi connectivity index (χ1) is 15.7. The van der Waals surface area contributed by atoms with Crippen molar-refractivity contribution in [1.29, 1.82) is 0 Å². The van der Waals surface area contributed by atoms with Gasteiger partial charge in [-0.1, -0.05) is 0 Å². The molecule has 0 aliphatic carbocycles. The predicted octanol–water partition coefficient (Wildman–Crippen LogP) is 4.12. The molecular formula is C20H19F3N4O7. The van der Waals surface area contributed by atoms with Gasteiger partial charge in [0, 0.05) is 12.1 Å². The van der Waals surface area contributed by atoms with Crippen LogP contribution in [0.3, 0.4) is 0 Å². The lowest BCUT2D eigenvalue weighted by atomic mass is 10.1. The van der Waals surface area contributed by atoms with Gasteiger partial charge in [0.25, 0.3) is 17.3 Å². The molecule has 0 aliphatic heterocycles. The molecule has 1 atom stereocenters. The standard InChI is InChI=1S/C20H19F3N4O7/c1-10-6-15(16(26(30)31)7-11(10)2)25-18(28)9-34-19(29)12(3)24-14-5-4-13(20(21,22)23)8-17(14)27(32)33/h4-8,12,24H,9H2,1-3H3,(H,25,28)/t12-/m0/s1. The second-order valence-corrected chi connectivity index (χ2v) is 7.22. The van der Waals surface area contributed by atoms with Gasteiger partial charge in [-0.15, -0.1) is 0 Å². The summed E-state index contributed by atoms with van der Waals surface area (Å²) < 4.78 is 43.2. The summed E-state index contributed by atoms with van der Waals surface area (Å²) in [4.78, 5) is 44.9. The average molecular weight is 484 g/mol. The molecule has 182 valence electrons. The van der Waals surface area contributed by atoms with Gasteiger partial charge in [0.1, 0.15) is 17.4 Å². The number of benzene rings is 2. The molecule has 0 aromatic heterocycles. The number of rotatable bonds is 8. The Balaban J connectivity index is 2.05. The number of amides is 1. The SMILES string of the molecule is Cc1cc(NC(=O)COC(=O)[C@H](C)Nc2ccc(C(F)(F)F)cc2[N+](=O)[O-])c([N+](=O)[O-])cc1C. The van der Waals surface area contributed by atoms with E-state index in [1.54, 1.807) is 13.8 Å². The van der Waals surface area contributed by atoms with E-state index in [1.165, 1.54) is 19.1 Å². The summed E-state index contributed by atoms with van der Waals surface area (Å²) in [7, 11) is 0. The molecule has 0 fully saturated rings. The Morgan fingerprint density at radius 2 is 1.56 bits per heavy atom. The number of nitro benzene ring substituents is 2. The lowest BCUT2D eigenvalue weighted by Gasteiger charge is -2.15. The van der Waals surface area contributed by atoms with Crippen molar-refractivity contribution in [3.05, 3.63) is 67.3 Å². The van der Waals surface area contributed by atoms with Crippen molar-refractivity contribution in [1.82, 2.24) is 0 Å². The molecule has 2 rings (SSSR count). The number of nitrogens with zero attached hydrogens (tertiary/aromatic N) is 2. The summed E-state index contributed by atoms with van der Waals surface area (Å²) in [6.07, 6.45) is -4.80. The molecule has 0 unspecified atom stereocenters. The summed E-state index contributed by atoms with van der Waals surface area (Å²) in [5.41, 5.74) is -1.65. The fourth-order valence-electron chi connectivity index (χ4n) is 2.77. The van der Waals surface area contributed by atoms with Crippen LogP contribution in [-0.4, -0.2) is 34.4 Å². The van der Waals surface area contributed by atoms with Gasteiger partial charge < -0.3 is 15.4 Å². The number of nitrogens with one attached hydrogen (secondary N) is 2. The quantitative estimate of drug-likeness (QED) is 0.322. The fourth-order valence-corrected chi connectivity index (χ4v) is 2.77. The third-order valence-electron chi connectivity index (χ3n) is 4.68. The van der Waals surface area contributed by atoms with Gasteiger partial charge in [0.05, 0.1) is 15.4 Å². The van der Waals surface area contributed by atoms with Crippen molar-refractivity contribution in [2.45, 2.75) is 33.0 Å². The Bertz CT molecular complexity index is 1150. The number of hydrogen-bond donors (Lipinski definition) is 2. The van der Waals surface area contributed by atoms with Crippen LogP contribution < -0.4 is 10.6 Å². The van der Waals surface area contributed by atoms with Crippen molar-refractivity contribution in [3.8, 4) is 0 Å². The van der Waals surface area contributed by atoms with E-state index in [1.807, 2.05) is 0 Å². The lowest BCUT2D eigenvalue weighted by Crippen LogP contribution is -2.31. The van der Waals surface area contributed by atoms with Crippen LogP contribution in [0.4, 0.5) is 35.9 Å². The van der Waals surface area contributed by atoms with Crippen LogP contribution in [0.1, 0.15) is 23.6 Å². The van der Waals surface area contributed by atoms with Crippen LogP contribution in [0, 0.1) is 34.1 Å². The second kappa shape index (κ2) is 10.1. The molecule has 0 spiro atoms. The molecule has 34 heavy (non-hydrogen) atoms. The molecule has 0 heterocycles. The Labute approximate surface area is 190 Å². The fraction of sp³-hybridized carbons (Fsp3) is 0.300. The minimum atomic E-state index is -4.80.